The van der Waals surface area contributed by atoms with E-state index in [0.717, 1.165) is 31.3 Å². The molecule has 1 saturated heterocycles. The second-order valence-electron chi connectivity index (χ2n) is 4.47. The number of nitrogens with zero attached hydrogens (tertiary/aromatic N) is 3. The minimum absolute atomic E-state index is 0. The van der Waals surface area contributed by atoms with Crippen LogP contribution in [0.4, 0.5) is 0 Å². The summed E-state index contributed by atoms with van der Waals surface area (Å²) in [6.45, 7) is 3.00. The standard InChI is InChI=1S/C10H16N4O.ClH/c1-14-5-4-11-6-8(14)9-12-10(15-13-9)7-2-3-7;/h7-8,11H,2-6H2,1H3;1H. The molecule has 90 valence electrons. The number of rotatable bonds is 2. The lowest BCUT2D eigenvalue weighted by Gasteiger charge is -2.30. The van der Waals surface area contributed by atoms with Crippen LogP contribution in [-0.4, -0.2) is 41.7 Å². The van der Waals surface area contributed by atoms with Crippen molar-refractivity contribution in [3.05, 3.63) is 11.7 Å². The van der Waals surface area contributed by atoms with Gasteiger partial charge >= 0.3 is 0 Å². The molecule has 0 aromatic carbocycles. The average Bonchev–Trinajstić information content (AvgIpc) is 2.99. The Kier molecular flexibility index (Phi) is 3.47. The van der Waals surface area contributed by atoms with Gasteiger partial charge in [-0.05, 0) is 19.9 Å². The highest BCUT2D eigenvalue weighted by atomic mass is 35.5. The van der Waals surface area contributed by atoms with E-state index in [1.165, 1.54) is 12.8 Å². The molecule has 0 spiro atoms. The lowest BCUT2D eigenvalue weighted by molar-refractivity contribution is 0.190. The summed E-state index contributed by atoms with van der Waals surface area (Å²) in [6, 6.07) is 0.273. The maximum Gasteiger partial charge on any atom is 0.229 e. The van der Waals surface area contributed by atoms with Gasteiger partial charge in [0.05, 0.1) is 6.04 Å². The molecule has 6 heteroatoms. The summed E-state index contributed by atoms with van der Waals surface area (Å²) in [5, 5.41) is 7.44. The van der Waals surface area contributed by atoms with Gasteiger partial charge in [-0.1, -0.05) is 5.16 Å². The highest BCUT2D eigenvalue weighted by Gasteiger charge is 2.32. The molecule has 2 aliphatic rings. The zero-order valence-corrected chi connectivity index (χ0v) is 10.2. The van der Waals surface area contributed by atoms with Gasteiger partial charge in [0.15, 0.2) is 5.82 Å². The molecule has 2 heterocycles. The zero-order chi connectivity index (χ0) is 10.3. The summed E-state index contributed by atoms with van der Waals surface area (Å²) < 4.78 is 5.27. The second kappa shape index (κ2) is 4.69. The van der Waals surface area contributed by atoms with Gasteiger partial charge in [0.2, 0.25) is 5.89 Å². The second-order valence-corrected chi connectivity index (χ2v) is 4.47. The Labute approximate surface area is 101 Å². The van der Waals surface area contributed by atoms with E-state index in [1.54, 1.807) is 0 Å². The van der Waals surface area contributed by atoms with Gasteiger partial charge in [0.1, 0.15) is 0 Å². The zero-order valence-electron chi connectivity index (χ0n) is 9.35. The van der Waals surface area contributed by atoms with Crippen LogP contribution in [0.3, 0.4) is 0 Å². The smallest absolute Gasteiger partial charge is 0.229 e. The highest BCUT2D eigenvalue weighted by molar-refractivity contribution is 5.85. The Hall–Kier alpha value is -0.650. The Balaban J connectivity index is 0.000000963. The molecule has 1 aromatic heterocycles. The van der Waals surface area contributed by atoms with Crippen LogP contribution in [0.2, 0.25) is 0 Å². The third-order valence-electron chi connectivity index (χ3n) is 3.19. The molecule has 0 amide bonds. The topological polar surface area (TPSA) is 54.2 Å². The van der Waals surface area contributed by atoms with Crippen LogP contribution >= 0.6 is 12.4 Å². The SMILES string of the molecule is CN1CCNCC1c1noc(C2CC2)n1.Cl. The van der Waals surface area contributed by atoms with Crippen molar-refractivity contribution in [3.63, 3.8) is 0 Å². The summed E-state index contributed by atoms with van der Waals surface area (Å²) >= 11 is 0. The van der Waals surface area contributed by atoms with Crippen LogP contribution in [-0.2, 0) is 0 Å². The molecule has 0 bridgehead atoms. The molecule has 0 radical (unpaired) electrons. The monoisotopic (exact) mass is 244 g/mol. The first-order valence-electron chi connectivity index (χ1n) is 5.59. The van der Waals surface area contributed by atoms with E-state index in [0.29, 0.717) is 5.92 Å². The summed E-state index contributed by atoms with van der Waals surface area (Å²) in [4.78, 5) is 6.76. The molecule has 1 aliphatic carbocycles. The lowest BCUT2D eigenvalue weighted by atomic mass is 10.2. The van der Waals surface area contributed by atoms with E-state index < -0.39 is 0 Å². The molecule has 16 heavy (non-hydrogen) atoms. The molecule has 1 aromatic rings. The summed E-state index contributed by atoms with van der Waals surface area (Å²) in [5.74, 6) is 2.23. The average molecular weight is 245 g/mol. The fourth-order valence-corrected chi connectivity index (χ4v) is 1.97. The molecular weight excluding hydrogens is 228 g/mol. The lowest BCUT2D eigenvalue weighted by Crippen LogP contribution is -2.44. The Morgan fingerprint density at radius 2 is 2.25 bits per heavy atom. The van der Waals surface area contributed by atoms with Crippen LogP contribution in [0.1, 0.15) is 36.5 Å². The Morgan fingerprint density at radius 1 is 1.44 bits per heavy atom. The van der Waals surface area contributed by atoms with Crippen molar-refractivity contribution in [1.82, 2.24) is 20.4 Å². The molecule has 3 rings (SSSR count). The van der Waals surface area contributed by atoms with Gasteiger partial charge in [-0.3, -0.25) is 4.90 Å². The van der Waals surface area contributed by atoms with E-state index in [4.69, 9.17) is 4.52 Å². The van der Waals surface area contributed by atoms with Crippen molar-refractivity contribution < 1.29 is 4.52 Å². The van der Waals surface area contributed by atoms with Crippen molar-refractivity contribution in [3.8, 4) is 0 Å². The predicted octanol–water partition coefficient (Wildman–Crippen LogP) is 0.945. The predicted molar refractivity (Wildman–Crippen MR) is 61.8 cm³/mol. The molecule has 1 aliphatic heterocycles. The molecule has 1 atom stereocenters. The van der Waals surface area contributed by atoms with E-state index in [2.05, 4.69) is 27.4 Å². The Morgan fingerprint density at radius 3 is 2.94 bits per heavy atom. The van der Waals surface area contributed by atoms with Crippen molar-refractivity contribution in [2.75, 3.05) is 26.7 Å². The van der Waals surface area contributed by atoms with Crippen LogP contribution < -0.4 is 5.32 Å². The van der Waals surface area contributed by atoms with Crippen LogP contribution in [0.5, 0.6) is 0 Å². The fraction of sp³-hybridized carbons (Fsp3) is 0.800. The van der Waals surface area contributed by atoms with Crippen molar-refractivity contribution >= 4 is 12.4 Å². The maximum atomic E-state index is 5.27. The van der Waals surface area contributed by atoms with Gasteiger partial charge in [-0.25, -0.2) is 0 Å². The van der Waals surface area contributed by atoms with Gasteiger partial charge in [0, 0.05) is 25.6 Å². The number of likely N-dealkylation sites (N-methyl/N-ethyl adjacent to an activating group) is 1. The third-order valence-corrected chi connectivity index (χ3v) is 3.19. The van der Waals surface area contributed by atoms with E-state index >= 15 is 0 Å². The molecule has 5 nitrogen and oxygen atoms in total. The van der Waals surface area contributed by atoms with Gasteiger partial charge < -0.3 is 9.84 Å². The quantitative estimate of drug-likeness (QED) is 0.840. The van der Waals surface area contributed by atoms with Gasteiger partial charge in [-0.2, -0.15) is 4.98 Å². The molecule has 1 N–H and O–H groups in total. The highest BCUT2D eigenvalue weighted by Crippen LogP contribution is 2.39. The van der Waals surface area contributed by atoms with Crippen molar-refractivity contribution in [2.24, 2.45) is 0 Å². The van der Waals surface area contributed by atoms with Crippen LogP contribution in [0, 0.1) is 0 Å². The number of hydrogen-bond donors (Lipinski definition) is 1. The van der Waals surface area contributed by atoms with Crippen LogP contribution in [0.25, 0.3) is 0 Å². The fourth-order valence-electron chi connectivity index (χ4n) is 1.97. The van der Waals surface area contributed by atoms with E-state index in [-0.39, 0.29) is 18.4 Å². The minimum Gasteiger partial charge on any atom is -0.339 e. The van der Waals surface area contributed by atoms with E-state index in [9.17, 15) is 0 Å². The first-order chi connectivity index (χ1) is 7.34. The number of halogens is 1. The van der Waals surface area contributed by atoms with E-state index in [1.807, 2.05) is 0 Å². The minimum atomic E-state index is 0. The normalized spacial score (nSPS) is 26.4. The summed E-state index contributed by atoms with van der Waals surface area (Å²) in [7, 11) is 2.11. The summed E-state index contributed by atoms with van der Waals surface area (Å²) in [6.07, 6.45) is 2.42. The van der Waals surface area contributed by atoms with Crippen LogP contribution in [0.15, 0.2) is 4.52 Å². The molecule has 1 unspecified atom stereocenters. The number of hydrogen-bond acceptors (Lipinski definition) is 5. The maximum absolute atomic E-state index is 5.27. The van der Waals surface area contributed by atoms with Gasteiger partial charge in [-0.15, -0.1) is 12.4 Å². The number of piperazine rings is 1. The third kappa shape index (κ3) is 2.21. The van der Waals surface area contributed by atoms with Gasteiger partial charge in [0.25, 0.3) is 0 Å². The molecule has 1 saturated carbocycles. The Bertz CT molecular complexity index is 352. The first kappa shape index (κ1) is 11.8. The number of nitrogens with one attached hydrogen (secondary N) is 1. The van der Waals surface area contributed by atoms with Crippen molar-refractivity contribution in [2.45, 2.75) is 24.8 Å². The largest absolute Gasteiger partial charge is 0.339 e. The molecule has 2 fully saturated rings. The molecular formula is C10H17ClN4O. The number of aromatic nitrogens is 2. The van der Waals surface area contributed by atoms with Crippen molar-refractivity contribution in [1.29, 1.82) is 0 Å². The summed E-state index contributed by atoms with van der Waals surface area (Å²) in [5.41, 5.74) is 0. The first-order valence-corrected chi connectivity index (χ1v) is 5.59.